The van der Waals surface area contributed by atoms with E-state index in [0.29, 0.717) is 6.54 Å². The molecule has 1 aromatic heterocycles. The molecule has 8 heteroatoms. The van der Waals surface area contributed by atoms with Gasteiger partial charge in [-0.1, -0.05) is 48.5 Å². The Balaban J connectivity index is 1.28. The first-order chi connectivity index (χ1) is 17.2. The van der Waals surface area contributed by atoms with Gasteiger partial charge in [0.05, 0.1) is 18.8 Å². The van der Waals surface area contributed by atoms with Crippen molar-refractivity contribution < 1.29 is 14.6 Å². The quantitative estimate of drug-likeness (QED) is 0.539. The Bertz CT molecular complexity index is 1000. The van der Waals surface area contributed by atoms with E-state index in [4.69, 9.17) is 15.2 Å². The Morgan fingerprint density at radius 2 is 1.51 bits per heavy atom. The minimum Gasteiger partial charge on any atom is -0.392 e. The highest BCUT2D eigenvalue weighted by Gasteiger charge is 2.33. The van der Waals surface area contributed by atoms with E-state index in [-0.39, 0.29) is 18.8 Å². The molecule has 3 N–H and O–H groups in total. The van der Waals surface area contributed by atoms with Crippen molar-refractivity contribution in [3.8, 4) is 0 Å². The lowest BCUT2D eigenvalue weighted by Crippen LogP contribution is -2.50. The fourth-order valence-electron chi connectivity index (χ4n) is 4.72. The van der Waals surface area contributed by atoms with Gasteiger partial charge < -0.3 is 25.2 Å². The monoisotopic (exact) mass is 475 g/mol. The first-order valence-electron chi connectivity index (χ1n) is 12.3. The Kier molecular flexibility index (Phi) is 7.66. The summed E-state index contributed by atoms with van der Waals surface area (Å²) in [4.78, 5) is 13.5. The van der Waals surface area contributed by atoms with Crippen LogP contribution in [0.3, 0.4) is 0 Å². The average Bonchev–Trinajstić information content (AvgIpc) is 2.94. The molecule has 184 valence electrons. The summed E-state index contributed by atoms with van der Waals surface area (Å²) >= 11 is 0. The molecule has 0 spiro atoms. The van der Waals surface area contributed by atoms with Crippen LogP contribution in [0.1, 0.15) is 41.1 Å². The summed E-state index contributed by atoms with van der Waals surface area (Å²) in [7, 11) is 0. The number of ether oxygens (including phenoxy) is 2. The minimum atomic E-state index is -0.442. The number of anilines is 1. The van der Waals surface area contributed by atoms with Crippen LogP contribution in [0, 0.1) is 0 Å². The molecule has 35 heavy (non-hydrogen) atoms. The van der Waals surface area contributed by atoms with E-state index in [0.717, 1.165) is 67.3 Å². The molecule has 2 aliphatic rings. The van der Waals surface area contributed by atoms with Crippen molar-refractivity contribution in [3.05, 3.63) is 89.2 Å². The molecule has 3 aromatic rings. The van der Waals surface area contributed by atoms with Crippen molar-refractivity contribution in [1.82, 2.24) is 14.9 Å². The molecule has 0 aliphatic carbocycles. The van der Waals surface area contributed by atoms with Crippen molar-refractivity contribution >= 4 is 5.95 Å². The van der Waals surface area contributed by atoms with E-state index in [1.54, 1.807) is 12.4 Å². The normalized spacial score (nSPS) is 23.4. The summed E-state index contributed by atoms with van der Waals surface area (Å²) in [6.07, 6.45) is 3.86. The molecule has 0 radical (unpaired) electrons. The summed E-state index contributed by atoms with van der Waals surface area (Å²) in [5.41, 5.74) is 9.85. The molecule has 2 aliphatic heterocycles. The molecule has 0 bridgehead atoms. The standard InChI is InChI=1S/C27H33N5O3/c28-17-20-2-8-23(9-3-20)26-34-24(16-25(35-26)22-6-4-21(19-33)5-7-22)18-31-12-14-32(15-13-31)27-29-10-1-11-30-27/h1-11,24-26,33H,12-19,28H2/t24-,25+,26+/m1/s1. The highest BCUT2D eigenvalue weighted by atomic mass is 16.7. The van der Waals surface area contributed by atoms with Gasteiger partial charge in [-0.2, -0.15) is 0 Å². The molecule has 8 nitrogen and oxygen atoms in total. The summed E-state index contributed by atoms with van der Waals surface area (Å²) in [6.45, 7) is 5.04. The molecule has 0 unspecified atom stereocenters. The third kappa shape index (κ3) is 5.86. The lowest BCUT2D eigenvalue weighted by atomic mass is 9.99. The largest absolute Gasteiger partial charge is 0.392 e. The van der Waals surface area contributed by atoms with Crippen molar-refractivity contribution in [3.63, 3.8) is 0 Å². The van der Waals surface area contributed by atoms with Gasteiger partial charge in [-0.15, -0.1) is 0 Å². The van der Waals surface area contributed by atoms with Gasteiger partial charge in [-0.3, -0.25) is 4.90 Å². The summed E-state index contributed by atoms with van der Waals surface area (Å²) in [5.74, 6) is 0.793. The second kappa shape index (κ2) is 11.2. The molecule has 5 rings (SSSR count). The van der Waals surface area contributed by atoms with Crippen LogP contribution in [0.15, 0.2) is 67.0 Å². The highest BCUT2D eigenvalue weighted by molar-refractivity contribution is 5.29. The van der Waals surface area contributed by atoms with Crippen LogP contribution in [0.2, 0.25) is 0 Å². The van der Waals surface area contributed by atoms with E-state index in [2.05, 4.69) is 19.8 Å². The summed E-state index contributed by atoms with van der Waals surface area (Å²) < 4.78 is 12.9. The van der Waals surface area contributed by atoms with Crippen molar-refractivity contribution in [2.45, 2.75) is 38.1 Å². The zero-order chi connectivity index (χ0) is 24.0. The number of nitrogens with two attached hydrogens (primary N) is 1. The Labute approximate surface area is 206 Å². The zero-order valence-corrected chi connectivity index (χ0v) is 19.9. The predicted molar refractivity (Wildman–Crippen MR) is 133 cm³/mol. The van der Waals surface area contributed by atoms with Gasteiger partial charge in [0.1, 0.15) is 0 Å². The van der Waals surface area contributed by atoms with Gasteiger partial charge in [0, 0.05) is 63.6 Å². The van der Waals surface area contributed by atoms with Crippen molar-refractivity contribution in [1.29, 1.82) is 0 Å². The molecule has 3 heterocycles. The smallest absolute Gasteiger partial charge is 0.225 e. The molecule has 2 fully saturated rings. The van der Waals surface area contributed by atoms with Gasteiger partial charge in [-0.25, -0.2) is 9.97 Å². The maximum absolute atomic E-state index is 9.41. The Morgan fingerprint density at radius 1 is 0.857 bits per heavy atom. The number of aliphatic hydroxyl groups is 1. The van der Waals surface area contributed by atoms with E-state index in [1.807, 2.05) is 54.6 Å². The van der Waals surface area contributed by atoms with Crippen LogP contribution in [0.4, 0.5) is 5.95 Å². The molecule has 3 atom stereocenters. The van der Waals surface area contributed by atoms with E-state index in [1.165, 1.54) is 0 Å². The molecular weight excluding hydrogens is 442 g/mol. The van der Waals surface area contributed by atoms with Crippen molar-refractivity contribution in [2.24, 2.45) is 5.73 Å². The zero-order valence-electron chi connectivity index (χ0n) is 19.9. The topological polar surface area (TPSA) is 97.0 Å². The maximum atomic E-state index is 9.41. The SMILES string of the molecule is NCc1ccc([C@H]2O[C@@H](CN3CCN(c4ncccn4)CC3)C[C@@H](c3ccc(CO)cc3)O2)cc1. The molecule has 2 aromatic carbocycles. The van der Waals surface area contributed by atoms with Crippen LogP contribution >= 0.6 is 0 Å². The molecule has 0 amide bonds. The van der Waals surface area contributed by atoms with Gasteiger partial charge in [0.25, 0.3) is 0 Å². The number of hydrogen-bond donors (Lipinski definition) is 2. The van der Waals surface area contributed by atoms with E-state index in [9.17, 15) is 5.11 Å². The van der Waals surface area contributed by atoms with Gasteiger partial charge in [0.15, 0.2) is 6.29 Å². The van der Waals surface area contributed by atoms with Gasteiger partial charge in [0.2, 0.25) is 5.95 Å². The van der Waals surface area contributed by atoms with Crippen molar-refractivity contribution in [2.75, 3.05) is 37.6 Å². The van der Waals surface area contributed by atoms with Crippen LogP contribution < -0.4 is 10.6 Å². The van der Waals surface area contributed by atoms with Crippen LogP contribution in [0.25, 0.3) is 0 Å². The fraction of sp³-hybridized carbons (Fsp3) is 0.407. The van der Waals surface area contributed by atoms with Gasteiger partial charge in [-0.05, 0) is 22.8 Å². The number of hydrogen-bond acceptors (Lipinski definition) is 8. The molecular formula is C27H33N5O3. The first kappa shape index (κ1) is 23.8. The Morgan fingerprint density at radius 3 is 2.17 bits per heavy atom. The number of piperazine rings is 1. The highest BCUT2D eigenvalue weighted by Crippen LogP contribution is 2.38. The second-order valence-electron chi connectivity index (χ2n) is 9.13. The van der Waals surface area contributed by atoms with Gasteiger partial charge >= 0.3 is 0 Å². The third-order valence-corrected chi connectivity index (χ3v) is 6.77. The number of nitrogens with zero attached hydrogens (tertiary/aromatic N) is 4. The minimum absolute atomic E-state index is 0.0324. The second-order valence-corrected chi connectivity index (χ2v) is 9.13. The summed E-state index contributed by atoms with van der Waals surface area (Å²) in [6, 6.07) is 18.0. The fourth-order valence-corrected chi connectivity index (χ4v) is 4.72. The van der Waals surface area contributed by atoms with Crippen LogP contribution in [0.5, 0.6) is 0 Å². The van der Waals surface area contributed by atoms with E-state index < -0.39 is 6.29 Å². The summed E-state index contributed by atoms with van der Waals surface area (Å²) in [5, 5.41) is 9.41. The number of rotatable bonds is 7. The van der Waals surface area contributed by atoms with Crippen LogP contribution in [-0.4, -0.2) is 58.8 Å². The number of aromatic nitrogens is 2. The number of aliphatic hydroxyl groups excluding tert-OH is 1. The van der Waals surface area contributed by atoms with Crippen LogP contribution in [-0.2, 0) is 22.6 Å². The third-order valence-electron chi connectivity index (χ3n) is 6.77. The first-order valence-corrected chi connectivity index (χ1v) is 12.3. The predicted octanol–water partition coefficient (Wildman–Crippen LogP) is 2.80. The average molecular weight is 476 g/mol. The lowest BCUT2D eigenvalue weighted by molar-refractivity contribution is -0.253. The number of benzene rings is 2. The van der Waals surface area contributed by atoms with E-state index >= 15 is 0 Å². The molecule has 0 saturated carbocycles. The lowest BCUT2D eigenvalue weighted by Gasteiger charge is -2.40. The molecule has 2 saturated heterocycles. The Hall–Kier alpha value is -2.88. The maximum Gasteiger partial charge on any atom is 0.225 e.